The van der Waals surface area contributed by atoms with Gasteiger partial charge in [0.15, 0.2) is 0 Å². The van der Waals surface area contributed by atoms with E-state index in [-0.39, 0.29) is 23.8 Å². The Morgan fingerprint density at radius 2 is 1.77 bits per heavy atom. The topological polar surface area (TPSA) is 44.5 Å². The maximum atomic E-state index is 12.9. The van der Waals surface area contributed by atoms with Crippen LogP contribution in [0.4, 0.5) is 13.2 Å². The number of para-hydroxylation sites is 1. The van der Waals surface area contributed by atoms with Crippen LogP contribution in [0.1, 0.15) is 54.4 Å². The van der Waals surface area contributed by atoms with Crippen LogP contribution in [0.15, 0.2) is 47.0 Å². The molecule has 2 aromatic carbocycles. The van der Waals surface area contributed by atoms with Crippen LogP contribution in [0.5, 0.6) is 11.5 Å². The molecule has 0 aliphatic heterocycles. The second kappa shape index (κ2) is 7.79. The summed E-state index contributed by atoms with van der Waals surface area (Å²) >= 11 is 6.39. The van der Waals surface area contributed by atoms with Gasteiger partial charge in [0.25, 0.3) is 0 Å². The van der Waals surface area contributed by atoms with Crippen LogP contribution in [0.25, 0.3) is 11.3 Å². The number of hydrogen-bond acceptors (Lipinski definition) is 4. The fourth-order valence-corrected chi connectivity index (χ4v) is 4.02. The molecule has 4 nitrogen and oxygen atoms in total. The van der Waals surface area contributed by atoms with Gasteiger partial charge in [-0.25, -0.2) is 0 Å². The van der Waals surface area contributed by atoms with Gasteiger partial charge in [0.2, 0.25) is 0 Å². The molecular formula is C23H19ClF3NO3. The molecule has 1 heterocycles. The van der Waals surface area contributed by atoms with Crippen molar-refractivity contribution >= 4 is 11.6 Å². The zero-order valence-electron chi connectivity index (χ0n) is 16.4. The molecule has 0 spiro atoms. The summed E-state index contributed by atoms with van der Waals surface area (Å²) in [5.41, 5.74) is 2.25. The minimum Gasteiger partial charge on any atom is -0.489 e. The minimum atomic E-state index is -4.81. The number of halogens is 4. The maximum absolute atomic E-state index is 12.9. The number of rotatable bonds is 7. The highest BCUT2D eigenvalue weighted by Crippen LogP contribution is 2.46. The highest BCUT2D eigenvalue weighted by molar-refractivity contribution is 6.31. The molecule has 0 amide bonds. The summed E-state index contributed by atoms with van der Waals surface area (Å²) in [4.78, 5) is 0. The molecular weight excluding hydrogens is 431 g/mol. The predicted molar refractivity (Wildman–Crippen MR) is 108 cm³/mol. The quantitative estimate of drug-likeness (QED) is 0.381. The Hall–Kier alpha value is -2.67. The van der Waals surface area contributed by atoms with Crippen molar-refractivity contribution < 1.29 is 27.2 Å². The van der Waals surface area contributed by atoms with E-state index in [1.165, 1.54) is 18.2 Å². The lowest BCUT2D eigenvalue weighted by atomic mass is 10.0. The van der Waals surface area contributed by atoms with Crippen LogP contribution in [0.2, 0.25) is 5.02 Å². The van der Waals surface area contributed by atoms with Crippen molar-refractivity contribution in [2.24, 2.45) is 0 Å². The van der Waals surface area contributed by atoms with Crippen LogP contribution < -0.4 is 9.47 Å². The lowest BCUT2D eigenvalue weighted by Crippen LogP contribution is -2.17. The SMILES string of the molecule is FC(F)(F)Oc1ccccc1-c1noc(C2CC2)c1COc1ccc(C2CC2)c(Cl)c1. The second-order valence-electron chi connectivity index (χ2n) is 7.94. The Balaban J connectivity index is 1.44. The number of hydrogen-bond donors (Lipinski definition) is 0. The Morgan fingerprint density at radius 1 is 1.03 bits per heavy atom. The smallest absolute Gasteiger partial charge is 0.489 e. The van der Waals surface area contributed by atoms with Crippen molar-refractivity contribution in [2.45, 2.75) is 50.5 Å². The molecule has 2 aliphatic carbocycles. The van der Waals surface area contributed by atoms with E-state index < -0.39 is 6.36 Å². The Labute approximate surface area is 181 Å². The van der Waals surface area contributed by atoms with Gasteiger partial charge in [-0.3, -0.25) is 0 Å². The third-order valence-corrected chi connectivity index (χ3v) is 5.83. The number of benzene rings is 2. The van der Waals surface area contributed by atoms with Gasteiger partial charge in [-0.05, 0) is 61.4 Å². The summed E-state index contributed by atoms with van der Waals surface area (Å²) in [7, 11) is 0. The van der Waals surface area contributed by atoms with E-state index in [1.807, 2.05) is 12.1 Å². The average molecular weight is 450 g/mol. The van der Waals surface area contributed by atoms with Gasteiger partial charge in [0.05, 0.1) is 5.56 Å². The van der Waals surface area contributed by atoms with Gasteiger partial charge < -0.3 is 14.0 Å². The van der Waals surface area contributed by atoms with E-state index in [1.54, 1.807) is 12.1 Å². The van der Waals surface area contributed by atoms with E-state index in [4.69, 9.17) is 20.9 Å². The molecule has 2 fully saturated rings. The lowest BCUT2D eigenvalue weighted by molar-refractivity contribution is -0.274. The standard InChI is InChI=1S/C23H19ClF3NO3/c24-19-11-15(9-10-16(19)13-5-6-13)29-12-18-21(28-31-22(18)14-7-8-14)17-3-1-2-4-20(17)30-23(25,26)27/h1-4,9-11,13-14H,5-8,12H2. The fraction of sp³-hybridized carbons (Fsp3) is 0.348. The van der Waals surface area contributed by atoms with E-state index >= 15 is 0 Å². The molecule has 3 aromatic rings. The van der Waals surface area contributed by atoms with Crippen LogP contribution in [0.3, 0.4) is 0 Å². The van der Waals surface area contributed by atoms with Crippen LogP contribution in [-0.2, 0) is 6.61 Å². The summed E-state index contributed by atoms with van der Waals surface area (Å²) in [6.07, 6.45) is -0.618. The van der Waals surface area contributed by atoms with E-state index in [2.05, 4.69) is 9.89 Å². The van der Waals surface area contributed by atoms with Gasteiger partial charge in [-0.15, -0.1) is 13.2 Å². The van der Waals surface area contributed by atoms with Crippen LogP contribution >= 0.6 is 11.6 Å². The first-order chi connectivity index (χ1) is 14.9. The van der Waals surface area contributed by atoms with Gasteiger partial charge in [-0.1, -0.05) is 35.0 Å². The lowest BCUT2D eigenvalue weighted by Gasteiger charge is -2.13. The van der Waals surface area contributed by atoms with Crippen molar-refractivity contribution in [2.75, 3.05) is 0 Å². The molecule has 5 rings (SSSR count). The zero-order valence-corrected chi connectivity index (χ0v) is 17.2. The van der Waals surface area contributed by atoms with Crippen molar-refractivity contribution in [1.82, 2.24) is 5.16 Å². The molecule has 162 valence electrons. The largest absolute Gasteiger partial charge is 0.573 e. The van der Waals surface area contributed by atoms with Crippen LogP contribution in [0, 0.1) is 0 Å². The molecule has 0 saturated heterocycles. The minimum absolute atomic E-state index is 0.101. The number of nitrogens with zero attached hydrogens (tertiary/aromatic N) is 1. The molecule has 1 aromatic heterocycles. The third kappa shape index (κ3) is 4.51. The number of aromatic nitrogens is 1. The monoisotopic (exact) mass is 449 g/mol. The molecule has 0 bridgehead atoms. The average Bonchev–Trinajstić information content (AvgIpc) is 3.64. The summed E-state index contributed by atoms with van der Waals surface area (Å²) in [6.45, 7) is 0.101. The first-order valence-electron chi connectivity index (χ1n) is 10.1. The van der Waals surface area contributed by atoms with Gasteiger partial charge in [0, 0.05) is 16.5 Å². The van der Waals surface area contributed by atoms with Crippen LogP contribution in [-0.4, -0.2) is 11.5 Å². The molecule has 2 saturated carbocycles. The van der Waals surface area contributed by atoms with E-state index in [0.29, 0.717) is 33.7 Å². The van der Waals surface area contributed by atoms with Gasteiger partial charge >= 0.3 is 6.36 Å². The van der Waals surface area contributed by atoms with Crippen molar-refractivity contribution in [3.63, 3.8) is 0 Å². The molecule has 0 radical (unpaired) electrons. The van der Waals surface area contributed by atoms with E-state index in [0.717, 1.165) is 31.2 Å². The normalized spacial score (nSPS) is 16.4. The fourth-order valence-electron chi connectivity index (χ4n) is 3.69. The Morgan fingerprint density at radius 3 is 2.45 bits per heavy atom. The van der Waals surface area contributed by atoms with Crippen molar-refractivity contribution in [3.8, 4) is 22.8 Å². The maximum Gasteiger partial charge on any atom is 0.573 e. The van der Waals surface area contributed by atoms with Crippen molar-refractivity contribution in [1.29, 1.82) is 0 Å². The molecule has 8 heteroatoms. The van der Waals surface area contributed by atoms with Crippen molar-refractivity contribution in [3.05, 3.63) is 64.4 Å². The first kappa shape index (κ1) is 20.2. The summed E-state index contributed by atoms with van der Waals surface area (Å²) in [6, 6.07) is 11.5. The van der Waals surface area contributed by atoms with Gasteiger partial charge in [-0.2, -0.15) is 0 Å². The molecule has 0 unspecified atom stereocenters. The molecule has 0 N–H and O–H groups in total. The third-order valence-electron chi connectivity index (χ3n) is 5.51. The van der Waals surface area contributed by atoms with Gasteiger partial charge in [0.1, 0.15) is 29.6 Å². The number of alkyl halides is 3. The predicted octanol–water partition coefficient (Wildman–Crippen LogP) is 7.23. The summed E-state index contributed by atoms with van der Waals surface area (Å²) < 4.78 is 54.3. The van der Waals surface area contributed by atoms with E-state index in [9.17, 15) is 13.2 Å². The highest BCUT2D eigenvalue weighted by Gasteiger charge is 2.36. The molecule has 31 heavy (non-hydrogen) atoms. The molecule has 2 aliphatic rings. The first-order valence-corrected chi connectivity index (χ1v) is 10.5. The summed E-state index contributed by atoms with van der Waals surface area (Å²) in [5, 5.41) is 4.75. The zero-order chi connectivity index (χ0) is 21.6. The Bertz CT molecular complexity index is 1100. The second-order valence-corrected chi connectivity index (χ2v) is 8.35. The Kier molecular flexibility index (Phi) is 5.08. The molecule has 0 atom stereocenters. The number of ether oxygens (including phenoxy) is 2. The summed E-state index contributed by atoms with van der Waals surface area (Å²) in [5.74, 6) is 1.64. The highest BCUT2D eigenvalue weighted by atomic mass is 35.5.